The number of nitrogens with one attached hydrogen (secondary N) is 1. The van der Waals surface area contributed by atoms with Gasteiger partial charge in [-0.05, 0) is 36.4 Å². The third-order valence-corrected chi connectivity index (χ3v) is 4.18. The van der Waals surface area contributed by atoms with Crippen molar-refractivity contribution >= 4 is 23.4 Å². The van der Waals surface area contributed by atoms with Gasteiger partial charge in [0.05, 0.1) is 24.3 Å². The fraction of sp³-hybridized carbons (Fsp3) is 0.235. The highest BCUT2D eigenvalue weighted by atomic mass is 32.2. The molecular weight excluding hydrogens is 344 g/mol. The van der Waals surface area contributed by atoms with Crippen molar-refractivity contribution in [1.82, 2.24) is 5.32 Å². The van der Waals surface area contributed by atoms with Gasteiger partial charge in [0.25, 0.3) is 5.69 Å². The molecule has 0 unspecified atom stereocenters. The van der Waals surface area contributed by atoms with Crippen molar-refractivity contribution in [2.24, 2.45) is 0 Å². The monoisotopic (exact) mass is 362 g/mol. The van der Waals surface area contributed by atoms with E-state index in [0.717, 1.165) is 10.6 Å². The van der Waals surface area contributed by atoms with Gasteiger partial charge < -0.3 is 14.8 Å². The number of nitro benzene ring substituents is 1. The Morgan fingerprint density at radius 1 is 1.12 bits per heavy atom. The first-order valence-electron chi connectivity index (χ1n) is 7.49. The molecule has 0 atom stereocenters. The lowest BCUT2D eigenvalue weighted by atomic mass is 10.3. The van der Waals surface area contributed by atoms with E-state index < -0.39 is 4.92 Å². The summed E-state index contributed by atoms with van der Waals surface area (Å²) in [6, 6.07) is 13.3. The van der Waals surface area contributed by atoms with E-state index in [-0.39, 0.29) is 17.3 Å². The van der Waals surface area contributed by atoms with Crippen LogP contribution in [0.4, 0.5) is 5.69 Å². The Hall–Kier alpha value is -2.74. The molecule has 25 heavy (non-hydrogen) atoms. The lowest BCUT2D eigenvalue weighted by molar-refractivity contribution is -0.384. The quantitative estimate of drug-likeness (QED) is 0.319. The van der Waals surface area contributed by atoms with Gasteiger partial charge in [-0.2, -0.15) is 0 Å². The van der Waals surface area contributed by atoms with Crippen LogP contribution < -0.4 is 14.8 Å². The Balaban J connectivity index is 1.64. The zero-order chi connectivity index (χ0) is 18.1. The Morgan fingerprint density at radius 2 is 1.76 bits per heavy atom. The Labute approximate surface area is 149 Å². The second kappa shape index (κ2) is 9.53. The van der Waals surface area contributed by atoms with E-state index in [9.17, 15) is 14.9 Å². The molecule has 0 aliphatic rings. The number of methoxy groups -OCH3 is 1. The average Bonchev–Trinajstić information content (AvgIpc) is 2.64. The van der Waals surface area contributed by atoms with Crippen molar-refractivity contribution in [2.75, 3.05) is 26.0 Å². The maximum Gasteiger partial charge on any atom is 0.269 e. The number of ether oxygens (including phenoxy) is 2. The lowest BCUT2D eigenvalue weighted by Crippen LogP contribution is -2.29. The maximum atomic E-state index is 11.8. The number of rotatable bonds is 9. The van der Waals surface area contributed by atoms with Gasteiger partial charge in [-0.3, -0.25) is 14.9 Å². The van der Waals surface area contributed by atoms with Gasteiger partial charge in [0.15, 0.2) is 0 Å². The van der Waals surface area contributed by atoms with Crippen molar-refractivity contribution in [3.8, 4) is 11.5 Å². The first-order valence-corrected chi connectivity index (χ1v) is 8.48. The topological polar surface area (TPSA) is 90.7 Å². The first-order chi connectivity index (χ1) is 12.1. The number of nitrogens with zero attached hydrogens (tertiary/aromatic N) is 1. The largest absolute Gasteiger partial charge is 0.497 e. The fourth-order valence-corrected chi connectivity index (χ4v) is 2.62. The second-order valence-electron chi connectivity index (χ2n) is 4.91. The highest BCUT2D eigenvalue weighted by Crippen LogP contribution is 2.21. The summed E-state index contributed by atoms with van der Waals surface area (Å²) in [4.78, 5) is 22.7. The zero-order valence-electron chi connectivity index (χ0n) is 13.6. The van der Waals surface area contributed by atoms with Gasteiger partial charge in [0, 0.05) is 17.0 Å². The molecule has 0 aliphatic heterocycles. The summed E-state index contributed by atoms with van der Waals surface area (Å²) in [5.74, 6) is 1.57. The predicted octanol–water partition coefficient (Wildman–Crippen LogP) is 2.89. The molecule has 0 radical (unpaired) electrons. The molecule has 2 aromatic carbocycles. The molecule has 8 heteroatoms. The van der Waals surface area contributed by atoms with Crippen molar-refractivity contribution in [3.05, 3.63) is 58.6 Å². The summed E-state index contributed by atoms with van der Waals surface area (Å²) in [7, 11) is 1.60. The van der Waals surface area contributed by atoms with Crippen LogP contribution in [0.5, 0.6) is 11.5 Å². The molecule has 0 saturated heterocycles. The van der Waals surface area contributed by atoms with Crippen LogP contribution in [0.25, 0.3) is 0 Å². The Kier molecular flexibility index (Phi) is 7.09. The van der Waals surface area contributed by atoms with Crippen LogP contribution in [0, 0.1) is 10.1 Å². The number of non-ortho nitro benzene ring substituents is 1. The molecule has 1 amide bonds. The zero-order valence-corrected chi connectivity index (χ0v) is 14.5. The van der Waals surface area contributed by atoms with Gasteiger partial charge in [0.1, 0.15) is 18.1 Å². The normalized spacial score (nSPS) is 10.1. The number of hydrogen-bond donors (Lipinski definition) is 1. The molecule has 0 fully saturated rings. The number of carbonyl (C=O) groups is 1. The molecule has 0 spiro atoms. The molecule has 7 nitrogen and oxygen atoms in total. The third-order valence-electron chi connectivity index (χ3n) is 3.17. The van der Waals surface area contributed by atoms with Crippen LogP contribution >= 0.6 is 11.8 Å². The van der Waals surface area contributed by atoms with Crippen LogP contribution in [0.1, 0.15) is 0 Å². The van der Waals surface area contributed by atoms with Gasteiger partial charge in [0.2, 0.25) is 5.91 Å². The average molecular weight is 362 g/mol. The highest BCUT2D eigenvalue weighted by molar-refractivity contribution is 8.00. The van der Waals surface area contributed by atoms with Crippen LogP contribution in [0.3, 0.4) is 0 Å². The summed E-state index contributed by atoms with van der Waals surface area (Å²) in [6.45, 7) is 0.756. The number of amides is 1. The summed E-state index contributed by atoms with van der Waals surface area (Å²) in [5, 5.41) is 13.3. The van der Waals surface area contributed by atoms with Crippen LogP contribution in [-0.2, 0) is 4.79 Å². The second-order valence-corrected chi connectivity index (χ2v) is 5.96. The van der Waals surface area contributed by atoms with E-state index in [4.69, 9.17) is 9.47 Å². The van der Waals surface area contributed by atoms with Gasteiger partial charge in [-0.25, -0.2) is 0 Å². The smallest absolute Gasteiger partial charge is 0.269 e. The molecule has 0 bridgehead atoms. The highest BCUT2D eigenvalue weighted by Gasteiger charge is 2.06. The molecule has 1 N–H and O–H groups in total. The van der Waals surface area contributed by atoms with E-state index in [0.29, 0.717) is 18.9 Å². The minimum absolute atomic E-state index is 0.0319. The van der Waals surface area contributed by atoms with Crippen molar-refractivity contribution < 1.29 is 19.2 Å². The maximum absolute atomic E-state index is 11.8. The summed E-state index contributed by atoms with van der Waals surface area (Å²) in [6.07, 6.45) is 0. The Morgan fingerprint density at radius 3 is 2.36 bits per heavy atom. The van der Waals surface area contributed by atoms with E-state index in [1.807, 2.05) is 0 Å². The molecule has 0 aromatic heterocycles. The van der Waals surface area contributed by atoms with Gasteiger partial charge >= 0.3 is 0 Å². The number of hydrogen-bond acceptors (Lipinski definition) is 6. The fourth-order valence-electron chi connectivity index (χ4n) is 1.90. The van der Waals surface area contributed by atoms with E-state index in [1.54, 1.807) is 43.5 Å². The molecule has 2 aromatic rings. The molecular formula is C17H18N2O5S. The van der Waals surface area contributed by atoms with E-state index >= 15 is 0 Å². The van der Waals surface area contributed by atoms with Crippen molar-refractivity contribution in [3.63, 3.8) is 0 Å². The predicted molar refractivity (Wildman–Crippen MR) is 95.3 cm³/mol. The Bertz CT molecular complexity index is 704. The lowest BCUT2D eigenvalue weighted by Gasteiger charge is -2.08. The van der Waals surface area contributed by atoms with Crippen LogP contribution in [0.15, 0.2) is 53.4 Å². The van der Waals surface area contributed by atoms with E-state index in [1.165, 1.54) is 23.9 Å². The number of thioether (sulfide) groups is 1. The van der Waals surface area contributed by atoms with Crippen LogP contribution in [0.2, 0.25) is 0 Å². The first kappa shape index (κ1) is 18.6. The third kappa shape index (κ3) is 6.34. The standard InChI is InChI=1S/C17H18N2O5S/c1-23-14-4-6-15(7-5-14)24-11-10-18-17(20)12-25-16-8-2-13(3-9-16)19(21)22/h2-9H,10-12H2,1H3,(H,18,20). The summed E-state index contributed by atoms with van der Waals surface area (Å²) in [5.41, 5.74) is 0.0319. The number of benzene rings is 2. The molecule has 132 valence electrons. The minimum atomic E-state index is -0.454. The summed E-state index contributed by atoms with van der Waals surface area (Å²) >= 11 is 1.32. The van der Waals surface area contributed by atoms with Gasteiger partial charge in [-0.1, -0.05) is 0 Å². The molecule has 0 aliphatic carbocycles. The van der Waals surface area contributed by atoms with Crippen molar-refractivity contribution in [2.45, 2.75) is 4.90 Å². The SMILES string of the molecule is COc1ccc(OCCNC(=O)CSc2ccc([N+](=O)[O-])cc2)cc1. The molecule has 2 rings (SSSR count). The minimum Gasteiger partial charge on any atom is -0.497 e. The van der Waals surface area contributed by atoms with Crippen LogP contribution in [-0.4, -0.2) is 36.8 Å². The molecule has 0 heterocycles. The number of carbonyl (C=O) groups excluding carboxylic acids is 1. The van der Waals surface area contributed by atoms with E-state index in [2.05, 4.69) is 5.32 Å². The van der Waals surface area contributed by atoms with Gasteiger partial charge in [-0.15, -0.1) is 11.8 Å². The van der Waals surface area contributed by atoms with Crippen molar-refractivity contribution in [1.29, 1.82) is 0 Å². The molecule has 0 saturated carbocycles. The number of nitro groups is 1. The summed E-state index contributed by atoms with van der Waals surface area (Å²) < 4.78 is 10.6.